The first-order chi connectivity index (χ1) is 20.4. The zero-order chi connectivity index (χ0) is 31.4. The molecule has 1 aromatic heterocycles. The van der Waals surface area contributed by atoms with Gasteiger partial charge in [-0.05, 0) is 78.6 Å². The molecular weight excluding hydrogens is 583 g/mol. The van der Waals surface area contributed by atoms with Crippen LogP contribution in [0, 0.1) is 0 Å². The number of ether oxygens (including phenoxy) is 2. The summed E-state index contributed by atoms with van der Waals surface area (Å²) in [5.41, 5.74) is -1.52. The van der Waals surface area contributed by atoms with Crippen molar-refractivity contribution in [1.29, 1.82) is 0 Å². The number of pyridine rings is 1. The number of aromatic nitrogens is 1. The van der Waals surface area contributed by atoms with Crippen LogP contribution < -0.4 is 0 Å². The fourth-order valence-electron chi connectivity index (χ4n) is 4.83. The summed E-state index contributed by atoms with van der Waals surface area (Å²) in [7, 11) is 0. The van der Waals surface area contributed by atoms with E-state index in [2.05, 4.69) is 4.98 Å². The van der Waals surface area contributed by atoms with Gasteiger partial charge in [0.25, 0.3) is 0 Å². The molecule has 0 amide bonds. The molecule has 0 saturated carbocycles. The Labute approximate surface area is 252 Å². The molecule has 0 bridgehead atoms. The monoisotopic (exact) mass is 611 g/mol. The summed E-state index contributed by atoms with van der Waals surface area (Å²) in [6.45, 7) is 4.98. The lowest BCUT2D eigenvalue weighted by atomic mass is 9.77. The predicted molar refractivity (Wildman–Crippen MR) is 157 cm³/mol. The summed E-state index contributed by atoms with van der Waals surface area (Å²) < 4.78 is 54.3. The van der Waals surface area contributed by atoms with Crippen molar-refractivity contribution in [3.05, 3.63) is 112 Å². The normalized spacial score (nSPS) is 13.6. The maximum atomic E-state index is 14.8. The summed E-state index contributed by atoms with van der Waals surface area (Å²) in [5.74, 6) is -2.62. The summed E-state index contributed by atoms with van der Waals surface area (Å²) in [4.78, 5) is 28.5. The molecule has 0 fully saturated rings. The quantitative estimate of drug-likeness (QED) is 0.193. The maximum Gasteiger partial charge on any atom is 0.422 e. The van der Waals surface area contributed by atoms with E-state index in [9.17, 15) is 27.9 Å². The number of nitrogens with zero attached hydrogens (tertiary/aromatic N) is 1. The lowest BCUT2D eigenvalue weighted by Gasteiger charge is -2.37. The van der Waals surface area contributed by atoms with E-state index in [1.165, 1.54) is 37.4 Å². The number of hydrogen-bond acceptors (Lipinski definition) is 6. The van der Waals surface area contributed by atoms with Gasteiger partial charge in [-0.2, -0.15) is 13.2 Å². The number of carbonyl (C=O) groups excluding carboxylic acids is 2. The fourth-order valence-corrected chi connectivity index (χ4v) is 5.17. The molecule has 0 spiro atoms. The molecule has 224 valence electrons. The molecule has 0 radical (unpaired) electrons. The number of rotatable bonds is 9. The number of halogens is 4. The van der Waals surface area contributed by atoms with E-state index < -0.39 is 35.2 Å². The standard InChI is InChI=1S/C33H29ClF3NO5/c1-4-42-30(39)24-10-6-8-21(16-24)22-12-13-27(28(34)18-22)20(3)32(41,33(35,36)37)26-14-15-38-29(19-26)23-9-7-11-25(17-23)31(40)43-5-2/h6-20,41H,4-5H2,1-3H3/t20-,32-/m1/s1. The van der Waals surface area contributed by atoms with E-state index in [-0.39, 0.29) is 35.1 Å². The minimum atomic E-state index is -5.10. The van der Waals surface area contributed by atoms with Gasteiger partial charge in [0.2, 0.25) is 0 Å². The zero-order valence-corrected chi connectivity index (χ0v) is 24.4. The number of hydrogen-bond donors (Lipinski definition) is 1. The van der Waals surface area contributed by atoms with Crippen molar-refractivity contribution in [3.63, 3.8) is 0 Å². The van der Waals surface area contributed by atoms with Crippen LogP contribution in [0.3, 0.4) is 0 Å². The first kappa shape index (κ1) is 31.7. The van der Waals surface area contributed by atoms with E-state index in [0.717, 1.165) is 12.1 Å². The van der Waals surface area contributed by atoms with Crippen molar-refractivity contribution in [2.45, 2.75) is 38.5 Å². The number of aliphatic hydroxyl groups is 1. The van der Waals surface area contributed by atoms with Crippen molar-refractivity contribution < 1.29 is 37.3 Å². The topological polar surface area (TPSA) is 85.7 Å². The van der Waals surface area contributed by atoms with Crippen LogP contribution >= 0.6 is 11.6 Å². The van der Waals surface area contributed by atoms with Crippen molar-refractivity contribution in [1.82, 2.24) is 4.98 Å². The van der Waals surface area contributed by atoms with Crippen LogP contribution in [0.5, 0.6) is 0 Å². The minimum Gasteiger partial charge on any atom is -0.462 e. The Balaban J connectivity index is 1.72. The highest BCUT2D eigenvalue weighted by molar-refractivity contribution is 6.31. The molecule has 3 aromatic carbocycles. The van der Waals surface area contributed by atoms with Gasteiger partial charge < -0.3 is 14.6 Å². The lowest BCUT2D eigenvalue weighted by Crippen LogP contribution is -2.46. The molecule has 0 saturated heterocycles. The van der Waals surface area contributed by atoms with Crippen LogP contribution in [-0.4, -0.2) is 41.4 Å². The van der Waals surface area contributed by atoms with Gasteiger partial charge in [-0.3, -0.25) is 4.98 Å². The van der Waals surface area contributed by atoms with Crippen LogP contribution in [0.15, 0.2) is 85.1 Å². The van der Waals surface area contributed by atoms with Crippen LogP contribution in [0.2, 0.25) is 5.02 Å². The fraction of sp³-hybridized carbons (Fsp3) is 0.242. The van der Waals surface area contributed by atoms with Gasteiger partial charge in [-0.25, -0.2) is 9.59 Å². The van der Waals surface area contributed by atoms with Crippen molar-refractivity contribution in [2.75, 3.05) is 13.2 Å². The average molecular weight is 612 g/mol. The molecule has 43 heavy (non-hydrogen) atoms. The molecule has 1 N–H and O–H groups in total. The Morgan fingerprint density at radius 1 is 0.837 bits per heavy atom. The molecule has 4 aromatic rings. The van der Waals surface area contributed by atoms with Crippen molar-refractivity contribution >= 4 is 23.5 Å². The van der Waals surface area contributed by atoms with Gasteiger partial charge in [-0.1, -0.05) is 54.9 Å². The first-order valence-electron chi connectivity index (χ1n) is 13.5. The summed E-state index contributed by atoms with van der Waals surface area (Å²) in [6, 6.07) is 19.5. The predicted octanol–water partition coefficient (Wildman–Crippen LogP) is 7.98. The Morgan fingerprint density at radius 3 is 1.95 bits per heavy atom. The van der Waals surface area contributed by atoms with Gasteiger partial charge >= 0.3 is 18.1 Å². The summed E-state index contributed by atoms with van der Waals surface area (Å²) in [6.07, 6.45) is -3.93. The number of benzene rings is 3. The molecule has 2 atom stereocenters. The molecule has 0 aliphatic carbocycles. The highest BCUT2D eigenvalue weighted by Gasteiger charge is 2.59. The van der Waals surface area contributed by atoms with Crippen molar-refractivity contribution in [3.8, 4) is 22.4 Å². The third-order valence-electron chi connectivity index (χ3n) is 7.10. The number of alkyl halides is 3. The van der Waals surface area contributed by atoms with E-state index in [1.54, 1.807) is 56.3 Å². The summed E-state index contributed by atoms with van der Waals surface area (Å²) in [5, 5.41) is 11.5. The third kappa shape index (κ3) is 6.58. The number of carbonyl (C=O) groups is 2. The van der Waals surface area contributed by atoms with Gasteiger partial charge in [0.15, 0.2) is 5.60 Å². The lowest BCUT2D eigenvalue weighted by molar-refractivity contribution is -0.274. The van der Waals surface area contributed by atoms with Crippen LogP contribution in [0.25, 0.3) is 22.4 Å². The van der Waals surface area contributed by atoms with E-state index in [1.807, 2.05) is 0 Å². The minimum absolute atomic E-state index is 0.00521. The average Bonchev–Trinajstić information content (AvgIpc) is 3.00. The van der Waals surface area contributed by atoms with Gasteiger partial charge in [-0.15, -0.1) is 0 Å². The van der Waals surface area contributed by atoms with Crippen LogP contribution in [-0.2, 0) is 15.1 Å². The Hall–Kier alpha value is -4.21. The molecular formula is C33H29ClF3NO5. The molecule has 10 heteroatoms. The van der Waals surface area contributed by atoms with Crippen LogP contribution in [0.1, 0.15) is 58.5 Å². The molecule has 6 nitrogen and oxygen atoms in total. The smallest absolute Gasteiger partial charge is 0.422 e. The Kier molecular flexibility index (Phi) is 9.57. The van der Waals surface area contributed by atoms with Crippen LogP contribution in [0.4, 0.5) is 13.2 Å². The van der Waals surface area contributed by atoms with Gasteiger partial charge in [0.1, 0.15) is 0 Å². The van der Waals surface area contributed by atoms with Gasteiger partial charge in [0, 0.05) is 22.7 Å². The highest BCUT2D eigenvalue weighted by Crippen LogP contribution is 2.50. The maximum absolute atomic E-state index is 14.8. The Morgan fingerprint density at radius 2 is 1.40 bits per heavy atom. The second-order valence-electron chi connectivity index (χ2n) is 9.75. The highest BCUT2D eigenvalue weighted by atomic mass is 35.5. The van der Waals surface area contributed by atoms with Crippen molar-refractivity contribution in [2.24, 2.45) is 0 Å². The molecule has 1 heterocycles. The SMILES string of the molecule is CCOC(=O)c1cccc(-c2ccc([C@@H](C)[C@@](O)(c3ccnc(-c4cccc(C(=O)OCC)c4)c3)C(F)(F)F)c(Cl)c2)c1. The molecule has 4 rings (SSSR count). The van der Waals surface area contributed by atoms with E-state index in [0.29, 0.717) is 22.3 Å². The molecule has 0 unspecified atom stereocenters. The number of esters is 2. The van der Waals surface area contributed by atoms with E-state index >= 15 is 0 Å². The second kappa shape index (κ2) is 13.0. The summed E-state index contributed by atoms with van der Waals surface area (Å²) >= 11 is 6.54. The van der Waals surface area contributed by atoms with Gasteiger partial charge in [0.05, 0.1) is 30.0 Å². The molecule has 0 aliphatic rings. The Bertz CT molecular complexity index is 1640. The largest absolute Gasteiger partial charge is 0.462 e. The zero-order valence-electron chi connectivity index (χ0n) is 23.6. The first-order valence-corrected chi connectivity index (χ1v) is 13.9. The van der Waals surface area contributed by atoms with E-state index in [4.69, 9.17) is 21.1 Å². The second-order valence-corrected chi connectivity index (χ2v) is 10.2. The third-order valence-corrected chi connectivity index (χ3v) is 7.43. The molecule has 0 aliphatic heterocycles.